The van der Waals surface area contributed by atoms with Crippen molar-refractivity contribution in [2.45, 2.75) is 57.7 Å². The fourth-order valence-corrected chi connectivity index (χ4v) is 5.14. The number of methoxy groups -OCH3 is 2. The van der Waals surface area contributed by atoms with Crippen LogP contribution in [0.25, 0.3) is 0 Å². The van der Waals surface area contributed by atoms with Gasteiger partial charge >= 0.3 is 12.1 Å². The van der Waals surface area contributed by atoms with Gasteiger partial charge in [-0.2, -0.15) is 0 Å². The van der Waals surface area contributed by atoms with Crippen molar-refractivity contribution in [1.29, 1.82) is 0 Å². The van der Waals surface area contributed by atoms with Crippen LogP contribution in [0.4, 0.5) is 10.5 Å². The van der Waals surface area contributed by atoms with Gasteiger partial charge in [0.25, 0.3) is 0 Å². The molecule has 1 aromatic rings. The number of carbonyl (C=O) groups is 3. The van der Waals surface area contributed by atoms with Crippen LogP contribution in [0.15, 0.2) is 22.7 Å². The zero-order valence-electron chi connectivity index (χ0n) is 21.6. The Bertz CT molecular complexity index is 980. The van der Waals surface area contributed by atoms with Crippen molar-refractivity contribution in [3.63, 3.8) is 0 Å². The molecule has 1 unspecified atom stereocenters. The maximum absolute atomic E-state index is 13.6. The average molecular weight is 554 g/mol. The third-order valence-corrected chi connectivity index (χ3v) is 7.03. The molecule has 1 saturated heterocycles. The van der Waals surface area contributed by atoms with Gasteiger partial charge in [-0.3, -0.25) is 14.5 Å². The molecule has 35 heavy (non-hydrogen) atoms. The van der Waals surface area contributed by atoms with Crippen molar-refractivity contribution >= 4 is 39.6 Å². The quantitative estimate of drug-likeness (QED) is 0.517. The van der Waals surface area contributed by atoms with E-state index in [1.165, 1.54) is 7.11 Å². The number of hydrogen-bond acceptors (Lipinski definition) is 7. The highest BCUT2D eigenvalue weighted by Crippen LogP contribution is 2.43. The minimum atomic E-state index is -0.949. The lowest BCUT2D eigenvalue weighted by atomic mass is 9.85. The highest BCUT2D eigenvalue weighted by atomic mass is 79.9. The molecule has 2 aliphatic heterocycles. The van der Waals surface area contributed by atoms with E-state index in [9.17, 15) is 14.4 Å². The summed E-state index contributed by atoms with van der Waals surface area (Å²) in [5.74, 6) is -0.510. The van der Waals surface area contributed by atoms with Gasteiger partial charge in [0.1, 0.15) is 11.0 Å². The van der Waals surface area contributed by atoms with Crippen molar-refractivity contribution in [2.75, 3.05) is 51.9 Å². The first kappa shape index (κ1) is 27.4. The number of carbonyl (C=O) groups excluding carboxylic acids is 3. The Hall–Kier alpha value is -2.17. The van der Waals surface area contributed by atoms with Gasteiger partial charge in [0, 0.05) is 42.9 Å². The van der Waals surface area contributed by atoms with E-state index in [2.05, 4.69) is 15.9 Å². The summed E-state index contributed by atoms with van der Waals surface area (Å²) in [5.41, 5.74) is -0.0853. The summed E-state index contributed by atoms with van der Waals surface area (Å²) >= 11 is 3.48. The molecule has 2 heterocycles. The van der Waals surface area contributed by atoms with Crippen LogP contribution in [0.2, 0.25) is 0 Å². The number of halogens is 1. The number of piperazine rings is 1. The molecule has 0 saturated carbocycles. The lowest BCUT2D eigenvalue weighted by Crippen LogP contribution is -2.62. The number of ether oxygens (including phenoxy) is 3. The second-order valence-corrected chi connectivity index (χ2v) is 11.4. The fraction of sp³-hybridized carbons (Fsp3) is 0.640. The predicted octanol–water partition coefficient (Wildman–Crippen LogP) is 3.18. The van der Waals surface area contributed by atoms with E-state index in [0.717, 1.165) is 10.0 Å². The Morgan fingerprint density at radius 2 is 1.86 bits per heavy atom. The van der Waals surface area contributed by atoms with E-state index in [1.54, 1.807) is 23.8 Å². The number of nitrogens with zero attached hydrogens (tertiary/aromatic N) is 3. The van der Waals surface area contributed by atoms with Crippen LogP contribution in [0.1, 0.15) is 40.2 Å². The SMILES string of the molecule is COC[C@H]1CN(C(=O)OC(C)(C)C)[C@H](C)CN1CC(=O)N1CC(C)(C(=O)OC)c2ccc(Br)cc21. The van der Waals surface area contributed by atoms with E-state index in [-0.39, 0.29) is 43.1 Å². The van der Waals surface area contributed by atoms with Crippen LogP contribution in [0.5, 0.6) is 0 Å². The molecule has 0 aliphatic carbocycles. The molecular weight excluding hydrogens is 518 g/mol. The molecule has 9 nitrogen and oxygen atoms in total. The number of esters is 1. The molecule has 194 valence electrons. The number of rotatable bonds is 5. The van der Waals surface area contributed by atoms with Crippen molar-refractivity contribution < 1.29 is 28.6 Å². The van der Waals surface area contributed by atoms with Gasteiger partial charge in [0.05, 0.1) is 26.3 Å². The Kier molecular flexibility index (Phi) is 8.18. The molecule has 0 radical (unpaired) electrons. The predicted molar refractivity (Wildman–Crippen MR) is 136 cm³/mol. The van der Waals surface area contributed by atoms with E-state index in [0.29, 0.717) is 25.4 Å². The number of anilines is 1. The third-order valence-electron chi connectivity index (χ3n) is 6.54. The van der Waals surface area contributed by atoms with Crippen LogP contribution in [0.3, 0.4) is 0 Å². The largest absolute Gasteiger partial charge is 0.468 e. The number of hydrogen-bond donors (Lipinski definition) is 0. The molecule has 1 aromatic carbocycles. The molecule has 0 spiro atoms. The second kappa shape index (κ2) is 10.4. The minimum absolute atomic E-state index is 0.129. The smallest absolute Gasteiger partial charge is 0.410 e. The van der Waals surface area contributed by atoms with E-state index in [4.69, 9.17) is 14.2 Å². The standard InChI is InChI=1S/C25H36BrN3O6/c1-16-11-27(18(14-33-6)12-28(16)23(32)35-24(2,3)4)13-21(30)29-15-25(5,22(31)34-7)19-9-8-17(26)10-20(19)29/h8-10,16,18H,11-15H2,1-7H3/t16-,18-,25?/m1/s1. The van der Waals surface area contributed by atoms with Gasteiger partial charge in [0.15, 0.2) is 0 Å². The Labute approximate surface area is 215 Å². The molecule has 0 N–H and O–H groups in total. The normalized spacial score (nSPS) is 24.8. The summed E-state index contributed by atoms with van der Waals surface area (Å²) in [7, 11) is 2.96. The van der Waals surface area contributed by atoms with E-state index >= 15 is 0 Å². The highest BCUT2D eigenvalue weighted by molar-refractivity contribution is 9.10. The first-order valence-electron chi connectivity index (χ1n) is 11.7. The topological polar surface area (TPSA) is 88.6 Å². The van der Waals surface area contributed by atoms with Gasteiger partial charge in [-0.15, -0.1) is 0 Å². The fourth-order valence-electron chi connectivity index (χ4n) is 4.79. The van der Waals surface area contributed by atoms with Crippen LogP contribution >= 0.6 is 15.9 Å². The summed E-state index contributed by atoms with van der Waals surface area (Å²) in [5, 5.41) is 0. The lowest BCUT2D eigenvalue weighted by Gasteiger charge is -2.45. The molecule has 3 rings (SSSR count). The molecule has 3 atom stereocenters. The highest BCUT2D eigenvalue weighted by Gasteiger charge is 2.48. The number of fused-ring (bicyclic) bond motifs is 1. The molecule has 10 heteroatoms. The average Bonchev–Trinajstić information content (AvgIpc) is 3.06. The zero-order valence-corrected chi connectivity index (χ0v) is 23.2. The summed E-state index contributed by atoms with van der Waals surface area (Å²) in [4.78, 5) is 44.5. The minimum Gasteiger partial charge on any atom is -0.468 e. The Morgan fingerprint density at radius 1 is 1.17 bits per heavy atom. The summed E-state index contributed by atoms with van der Waals surface area (Å²) in [6.07, 6.45) is -0.371. The van der Waals surface area contributed by atoms with Crippen molar-refractivity contribution in [3.8, 4) is 0 Å². The first-order chi connectivity index (χ1) is 16.3. The Morgan fingerprint density at radius 3 is 2.46 bits per heavy atom. The second-order valence-electron chi connectivity index (χ2n) is 10.5. The number of amides is 2. The van der Waals surface area contributed by atoms with E-state index < -0.39 is 11.0 Å². The van der Waals surface area contributed by atoms with Crippen molar-refractivity contribution in [2.24, 2.45) is 0 Å². The summed E-state index contributed by atoms with van der Waals surface area (Å²) in [6.45, 7) is 10.8. The third kappa shape index (κ3) is 5.81. The number of benzene rings is 1. The van der Waals surface area contributed by atoms with Gasteiger partial charge in [-0.25, -0.2) is 4.79 Å². The van der Waals surface area contributed by atoms with Crippen molar-refractivity contribution in [3.05, 3.63) is 28.2 Å². The summed E-state index contributed by atoms with van der Waals surface area (Å²) < 4.78 is 16.9. The zero-order chi connectivity index (χ0) is 26.1. The maximum atomic E-state index is 13.6. The van der Waals surface area contributed by atoms with Gasteiger partial charge in [-0.1, -0.05) is 22.0 Å². The summed E-state index contributed by atoms with van der Waals surface area (Å²) in [6, 6.07) is 5.26. The van der Waals surface area contributed by atoms with Crippen LogP contribution in [-0.4, -0.2) is 92.5 Å². The molecule has 2 aliphatic rings. The Balaban J connectivity index is 1.81. The van der Waals surface area contributed by atoms with Crippen LogP contribution < -0.4 is 4.90 Å². The lowest BCUT2D eigenvalue weighted by molar-refractivity contribution is -0.146. The first-order valence-corrected chi connectivity index (χ1v) is 12.5. The van der Waals surface area contributed by atoms with Crippen molar-refractivity contribution in [1.82, 2.24) is 9.80 Å². The van der Waals surface area contributed by atoms with Crippen LogP contribution in [0, 0.1) is 0 Å². The van der Waals surface area contributed by atoms with E-state index in [1.807, 2.05) is 50.8 Å². The van der Waals surface area contributed by atoms with Gasteiger partial charge in [0.2, 0.25) is 5.91 Å². The van der Waals surface area contributed by atoms with Gasteiger partial charge < -0.3 is 24.0 Å². The molecule has 2 amide bonds. The molecule has 1 fully saturated rings. The monoisotopic (exact) mass is 553 g/mol. The van der Waals surface area contributed by atoms with Gasteiger partial charge in [-0.05, 0) is 52.3 Å². The molecular formula is C25H36BrN3O6. The molecule has 0 aromatic heterocycles. The van der Waals surface area contributed by atoms with Crippen LogP contribution in [-0.2, 0) is 29.2 Å². The maximum Gasteiger partial charge on any atom is 0.410 e. The molecule has 0 bridgehead atoms.